The summed E-state index contributed by atoms with van der Waals surface area (Å²) in [6, 6.07) is 0. The molecule has 23 heavy (non-hydrogen) atoms. The number of aromatic nitrogens is 4. The van der Waals surface area contributed by atoms with E-state index in [1.807, 2.05) is 0 Å². The third kappa shape index (κ3) is 3.05. The number of hydrogen-bond acceptors (Lipinski definition) is 5. The summed E-state index contributed by atoms with van der Waals surface area (Å²) in [5.74, 6) is -1.03. The van der Waals surface area contributed by atoms with Crippen molar-refractivity contribution in [2.24, 2.45) is 4.99 Å². The second-order valence-corrected chi connectivity index (χ2v) is 4.88. The van der Waals surface area contributed by atoms with E-state index in [0.717, 1.165) is 4.68 Å². The minimum atomic E-state index is -4.52. The largest absolute Gasteiger partial charge is 0.435 e. The Morgan fingerprint density at radius 2 is 2.17 bits per heavy atom. The molecular weight excluding hydrogens is 315 g/mol. The van der Waals surface area contributed by atoms with E-state index >= 15 is 0 Å². The van der Waals surface area contributed by atoms with Crippen LogP contribution in [0.15, 0.2) is 27.9 Å². The first kappa shape index (κ1) is 15.1. The van der Waals surface area contributed by atoms with Crippen LogP contribution in [0.25, 0.3) is 0 Å². The quantitative estimate of drug-likeness (QED) is 0.860. The molecule has 10 heteroatoms. The van der Waals surface area contributed by atoms with Gasteiger partial charge in [-0.05, 0) is 18.6 Å². The fraction of sp³-hybridized carbons (Fsp3) is 0.308. The number of amides is 1. The summed E-state index contributed by atoms with van der Waals surface area (Å²) in [5, 5.41) is 7.14. The van der Waals surface area contributed by atoms with Crippen LogP contribution >= 0.6 is 0 Å². The summed E-state index contributed by atoms with van der Waals surface area (Å²) in [7, 11) is 0. The Morgan fingerprint density at radius 3 is 2.83 bits per heavy atom. The molecular formula is C13H10F3N5O2. The van der Waals surface area contributed by atoms with Crippen molar-refractivity contribution in [3.63, 3.8) is 0 Å². The van der Waals surface area contributed by atoms with Gasteiger partial charge in [0.15, 0.2) is 11.5 Å². The molecule has 2 aromatic heterocycles. The lowest BCUT2D eigenvalue weighted by atomic mass is 10.1. The van der Waals surface area contributed by atoms with Crippen molar-refractivity contribution in [2.45, 2.75) is 25.6 Å². The highest BCUT2D eigenvalue weighted by molar-refractivity contribution is 5.96. The lowest BCUT2D eigenvalue weighted by Crippen LogP contribution is -2.12. The van der Waals surface area contributed by atoms with Crippen LogP contribution in [0.3, 0.4) is 0 Å². The molecule has 1 amide bonds. The number of carbonyl (C=O) groups is 1. The second kappa shape index (κ2) is 5.45. The Balaban J connectivity index is 1.79. The maximum absolute atomic E-state index is 12.7. The molecule has 2 aromatic rings. The van der Waals surface area contributed by atoms with E-state index in [0.29, 0.717) is 0 Å². The van der Waals surface area contributed by atoms with Crippen LogP contribution in [0, 0.1) is 6.92 Å². The normalized spacial score (nSPS) is 17.9. The average Bonchev–Trinajstić information content (AvgIpc) is 3.06. The predicted molar refractivity (Wildman–Crippen MR) is 70.7 cm³/mol. The molecule has 1 atom stereocenters. The third-order valence-electron chi connectivity index (χ3n) is 3.13. The van der Waals surface area contributed by atoms with Crippen molar-refractivity contribution < 1.29 is 22.5 Å². The van der Waals surface area contributed by atoms with Crippen molar-refractivity contribution in [3.8, 4) is 0 Å². The summed E-state index contributed by atoms with van der Waals surface area (Å²) >= 11 is 0. The van der Waals surface area contributed by atoms with Crippen molar-refractivity contribution in [2.75, 3.05) is 0 Å². The molecule has 1 aliphatic rings. The van der Waals surface area contributed by atoms with Gasteiger partial charge in [0.2, 0.25) is 5.89 Å². The zero-order chi connectivity index (χ0) is 16.6. The molecule has 120 valence electrons. The number of dihydropyridines is 1. The van der Waals surface area contributed by atoms with Gasteiger partial charge in [0, 0.05) is 12.4 Å². The smallest absolute Gasteiger partial charge is 0.337 e. The van der Waals surface area contributed by atoms with E-state index in [2.05, 4.69) is 20.2 Å². The van der Waals surface area contributed by atoms with Gasteiger partial charge >= 0.3 is 6.18 Å². The zero-order valence-electron chi connectivity index (χ0n) is 11.8. The maximum atomic E-state index is 12.7. The van der Waals surface area contributed by atoms with Gasteiger partial charge in [-0.25, -0.2) is 4.99 Å². The molecule has 1 unspecified atom stereocenters. The van der Waals surface area contributed by atoms with Gasteiger partial charge in [-0.3, -0.25) is 9.48 Å². The van der Waals surface area contributed by atoms with Crippen LogP contribution in [0.5, 0.6) is 0 Å². The fourth-order valence-corrected chi connectivity index (χ4v) is 2.12. The van der Waals surface area contributed by atoms with Crippen LogP contribution in [0.1, 0.15) is 28.9 Å². The van der Waals surface area contributed by atoms with Crippen molar-refractivity contribution in [1.82, 2.24) is 19.9 Å². The van der Waals surface area contributed by atoms with Gasteiger partial charge in [-0.1, -0.05) is 11.2 Å². The van der Waals surface area contributed by atoms with Crippen molar-refractivity contribution >= 4 is 12.1 Å². The average molecular weight is 325 g/mol. The van der Waals surface area contributed by atoms with Crippen molar-refractivity contribution in [3.05, 3.63) is 41.3 Å². The molecule has 0 saturated carbocycles. The summed E-state index contributed by atoms with van der Waals surface area (Å²) in [5.41, 5.74) is -0.964. The highest BCUT2D eigenvalue weighted by atomic mass is 19.4. The van der Waals surface area contributed by atoms with Gasteiger partial charge in [0.05, 0.1) is 0 Å². The van der Waals surface area contributed by atoms with E-state index in [1.54, 1.807) is 12.2 Å². The number of nitrogens with zero attached hydrogens (tertiary/aromatic N) is 5. The summed E-state index contributed by atoms with van der Waals surface area (Å²) in [6.07, 6.45) is 1.21. The number of alkyl halides is 3. The SMILES string of the molecule is Cc1cn(Cc2nc(C3C=CC=NC3=O)no2)nc1C(F)(F)F. The second-order valence-electron chi connectivity index (χ2n) is 4.88. The van der Waals surface area contributed by atoms with Gasteiger partial charge in [-0.15, -0.1) is 0 Å². The first-order valence-electron chi connectivity index (χ1n) is 6.53. The minimum Gasteiger partial charge on any atom is -0.337 e. The first-order chi connectivity index (χ1) is 10.8. The zero-order valence-corrected chi connectivity index (χ0v) is 11.8. The molecule has 0 radical (unpaired) electrons. The number of aryl methyl sites for hydroxylation is 1. The van der Waals surface area contributed by atoms with E-state index in [-0.39, 0.29) is 23.8 Å². The Morgan fingerprint density at radius 1 is 1.39 bits per heavy atom. The molecule has 1 aliphatic heterocycles. The maximum Gasteiger partial charge on any atom is 0.435 e. The number of hydrogen-bond donors (Lipinski definition) is 0. The predicted octanol–water partition coefficient (Wildman–Crippen LogP) is 1.89. The van der Waals surface area contributed by atoms with Crippen LogP contribution in [0.4, 0.5) is 13.2 Å². The molecule has 0 spiro atoms. The summed E-state index contributed by atoms with van der Waals surface area (Å²) < 4.78 is 44.1. The van der Waals surface area contributed by atoms with E-state index in [1.165, 1.54) is 19.3 Å². The van der Waals surface area contributed by atoms with Crippen molar-refractivity contribution in [1.29, 1.82) is 0 Å². The molecule has 7 nitrogen and oxygen atoms in total. The van der Waals surface area contributed by atoms with Gasteiger partial charge in [0.25, 0.3) is 5.91 Å². The molecule has 0 aliphatic carbocycles. The standard InChI is InChI=1S/C13H10F3N5O2/c1-7-5-21(19-10(7)13(14,15)16)6-9-18-11(20-23-9)8-3-2-4-17-12(8)22/h2-5,8H,6H2,1H3. The van der Waals surface area contributed by atoms with Crippen LogP contribution in [-0.4, -0.2) is 32.0 Å². The molecule has 0 N–H and O–H groups in total. The Bertz CT molecular complexity index is 803. The van der Waals surface area contributed by atoms with Gasteiger partial charge in [-0.2, -0.15) is 23.3 Å². The molecule has 3 rings (SSSR count). The number of carbonyl (C=O) groups excluding carboxylic acids is 1. The number of halogens is 3. The number of allylic oxidation sites excluding steroid dienone is 1. The Labute approximate surface area is 127 Å². The molecule has 0 aromatic carbocycles. The number of rotatable bonds is 3. The first-order valence-corrected chi connectivity index (χ1v) is 6.53. The molecule has 3 heterocycles. The third-order valence-corrected chi connectivity index (χ3v) is 3.13. The Kier molecular flexibility index (Phi) is 3.58. The Hall–Kier alpha value is -2.78. The number of aliphatic imine (C=N–C) groups is 1. The topological polar surface area (TPSA) is 86.2 Å². The van der Waals surface area contributed by atoms with E-state index < -0.39 is 23.7 Å². The lowest BCUT2D eigenvalue weighted by Gasteiger charge is -2.04. The van der Waals surface area contributed by atoms with E-state index in [4.69, 9.17) is 4.52 Å². The highest BCUT2D eigenvalue weighted by Crippen LogP contribution is 2.30. The molecule has 0 fully saturated rings. The van der Waals surface area contributed by atoms with Crippen LogP contribution < -0.4 is 0 Å². The van der Waals surface area contributed by atoms with E-state index in [9.17, 15) is 18.0 Å². The molecule has 0 bridgehead atoms. The van der Waals surface area contributed by atoms with Gasteiger partial charge < -0.3 is 4.52 Å². The lowest BCUT2D eigenvalue weighted by molar-refractivity contribution is -0.142. The fourth-order valence-electron chi connectivity index (χ4n) is 2.12. The van der Waals surface area contributed by atoms with Crippen LogP contribution in [0.2, 0.25) is 0 Å². The monoisotopic (exact) mass is 325 g/mol. The summed E-state index contributed by atoms with van der Waals surface area (Å²) in [6.45, 7) is 1.19. The minimum absolute atomic E-state index is 0.00281. The highest BCUT2D eigenvalue weighted by Gasteiger charge is 2.36. The molecule has 0 saturated heterocycles. The van der Waals surface area contributed by atoms with Crippen LogP contribution in [-0.2, 0) is 17.5 Å². The summed E-state index contributed by atoms with van der Waals surface area (Å²) in [4.78, 5) is 19.2. The van der Waals surface area contributed by atoms with Gasteiger partial charge in [0.1, 0.15) is 12.5 Å².